The minimum Gasteiger partial charge on any atom is -0.497 e. The van der Waals surface area contributed by atoms with Crippen LogP contribution in [0.25, 0.3) is 10.9 Å². The third-order valence-corrected chi connectivity index (χ3v) is 4.09. The van der Waals surface area contributed by atoms with Gasteiger partial charge >= 0.3 is 0 Å². The zero-order valence-electron chi connectivity index (χ0n) is 13.6. The summed E-state index contributed by atoms with van der Waals surface area (Å²) in [6.45, 7) is 4.54. The van der Waals surface area contributed by atoms with E-state index < -0.39 is 0 Å². The van der Waals surface area contributed by atoms with Gasteiger partial charge in [0.25, 0.3) is 5.56 Å². The third kappa shape index (κ3) is 3.06. The van der Waals surface area contributed by atoms with Crippen LogP contribution in [0.15, 0.2) is 47.3 Å². The van der Waals surface area contributed by atoms with Crippen LogP contribution in [0.3, 0.4) is 0 Å². The molecule has 2 aromatic carbocycles. The van der Waals surface area contributed by atoms with Crippen LogP contribution in [0, 0.1) is 13.8 Å². The molecule has 0 saturated heterocycles. The first-order valence-corrected chi connectivity index (χ1v) is 7.58. The molecule has 0 atom stereocenters. The molecule has 0 spiro atoms. The molecule has 0 aliphatic carbocycles. The van der Waals surface area contributed by atoms with Crippen LogP contribution >= 0.6 is 0 Å². The quantitative estimate of drug-likeness (QED) is 0.771. The number of pyridine rings is 1. The molecule has 1 heterocycles. The van der Waals surface area contributed by atoms with Crippen molar-refractivity contribution in [3.05, 3.63) is 69.5 Å². The van der Waals surface area contributed by atoms with Gasteiger partial charge in [-0.15, -0.1) is 0 Å². The second-order valence-electron chi connectivity index (χ2n) is 5.69. The lowest BCUT2D eigenvalue weighted by Gasteiger charge is -2.10. The van der Waals surface area contributed by atoms with Gasteiger partial charge in [-0.3, -0.25) is 4.79 Å². The largest absolute Gasteiger partial charge is 0.497 e. The SMILES string of the molecule is COc1ccc(NCc2cc3c(C)ccc(C)c3[nH]c2=O)cc1. The number of hydrogen-bond donors (Lipinski definition) is 2. The fourth-order valence-corrected chi connectivity index (χ4v) is 2.66. The summed E-state index contributed by atoms with van der Waals surface area (Å²) in [5.74, 6) is 0.810. The number of fused-ring (bicyclic) bond motifs is 1. The maximum absolute atomic E-state index is 12.3. The molecule has 0 unspecified atom stereocenters. The second kappa shape index (κ2) is 6.16. The third-order valence-electron chi connectivity index (χ3n) is 4.09. The van der Waals surface area contributed by atoms with Crippen molar-refractivity contribution in [2.24, 2.45) is 0 Å². The minimum absolute atomic E-state index is 0.0489. The van der Waals surface area contributed by atoms with E-state index in [2.05, 4.69) is 23.3 Å². The van der Waals surface area contributed by atoms with Crippen molar-refractivity contribution in [3.8, 4) is 5.75 Å². The van der Waals surface area contributed by atoms with E-state index in [1.807, 2.05) is 43.3 Å². The van der Waals surface area contributed by atoms with Crippen LogP contribution < -0.4 is 15.6 Å². The first-order chi connectivity index (χ1) is 11.1. The monoisotopic (exact) mass is 308 g/mol. The normalized spacial score (nSPS) is 10.7. The van der Waals surface area contributed by atoms with Crippen LogP contribution in [0.2, 0.25) is 0 Å². The van der Waals surface area contributed by atoms with E-state index in [1.54, 1.807) is 7.11 Å². The van der Waals surface area contributed by atoms with Crippen LogP contribution in [0.1, 0.15) is 16.7 Å². The number of hydrogen-bond acceptors (Lipinski definition) is 3. The molecule has 3 rings (SSSR count). The molecule has 2 N–H and O–H groups in total. The van der Waals surface area contributed by atoms with E-state index in [4.69, 9.17) is 4.74 Å². The maximum Gasteiger partial charge on any atom is 0.253 e. The highest BCUT2D eigenvalue weighted by Gasteiger charge is 2.07. The molecule has 4 heteroatoms. The van der Waals surface area contributed by atoms with Crippen molar-refractivity contribution >= 4 is 16.6 Å². The maximum atomic E-state index is 12.3. The van der Waals surface area contributed by atoms with Gasteiger partial charge in [0.1, 0.15) is 5.75 Å². The summed E-state index contributed by atoms with van der Waals surface area (Å²) in [6.07, 6.45) is 0. The number of aromatic nitrogens is 1. The second-order valence-corrected chi connectivity index (χ2v) is 5.69. The predicted molar refractivity (Wildman–Crippen MR) is 94.4 cm³/mol. The van der Waals surface area contributed by atoms with Crippen LogP contribution in [0.4, 0.5) is 5.69 Å². The van der Waals surface area contributed by atoms with Crippen LogP contribution in [0.5, 0.6) is 5.75 Å². The molecule has 0 saturated carbocycles. The summed E-state index contributed by atoms with van der Waals surface area (Å²) in [4.78, 5) is 15.3. The van der Waals surface area contributed by atoms with Crippen LogP contribution in [-0.4, -0.2) is 12.1 Å². The fourth-order valence-electron chi connectivity index (χ4n) is 2.66. The first-order valence-electron chi connectivity index (χ1n) is 7.58. The van der Waals surface area contributed by atoms with E-state index in [9.17, 15) is 4.79 Å². The summed E-state index contributed by atoms with van der Waals surface area (Å²) in [5.41, 5.74) is 4.79. The van der Waals surface area contributed by atoms with Crippen molar-refractivity contribution < 1.29 is 4.74 Å². The number of benzene rings is 2. The molecule has 0 fully saturated rings. The van der Waals surface area contributed by atoms with E-state index in [-0.39, 0.29) is 5.56 Å². The van der Waals surface area contributed by atoms with Crippen molar-refractivity contribution in [2.75, 3.05) is 12.4 Å². The Balaban J connectivity index is 1.89. The summed E-state index contributed by atoms with van der Waals surface area (Å²) in [7, 11) is 1.64. The highest BCUT2D eigenvalue weighted by atomic mass is 16.5. The fraction of sp³-hybridized carbons (Fsp3) is 0.211. The van der Waals surface area contributed by atoms with Gasteiger partial charge in [-0.2, -0.15) is 0 Å². The van der Waals surface area contributed by atoms with Gasteiger partial charge in [0.05, 0.1) is 12.6 Å². The van der Waals surface area contributed by atoms with Gasteiger partial charge in [-0.1, -0.05) is 12.1 Å². The Labute approximate surface area is 135 Å². The molecule has 23 heavy (non-hydrogen) atoms. The Morgan fingerprint density at radius 1 is 1.04 bits per heavy atom. The number of ether oxygens (including phenoxy) is 1. The standard InChI is InChI=1S/C19H20N2O2/c1-12-4-5-13(2)18-17(12)10-14(19(22)21-18)11-20-15-6-8-16(23-3)9-7-15/h4-10,20H,11H2,1-3H3,(H,21,22). The average Bonchev–Trinajstić information content (AvgIpc) is 2.57. The summed E-state index contributed by atoms with van der Waals surface area (Å²) in [5, 5.41) is 4.37. The topological polar surface area (TPSA) is 54.1 Å². The molecular weight excluding hydrogens is 288 g/mol. The molecule has 4 nitrogen and oxygen atoms in total. The number of aromatic amines is 1. The highest BCUT2D eigenvalue weighted by Crippen LogP contribution is 2.20. The zero-order chi connectivity index (χ0) is 16.4. The number of anilines is 1. The van der Waals surface area contributed by atoms with E-state index in [0.717, 1.165) is 39.0 Å². The summed E-state index contributed by atoms with van der Waals surface area (Å²) < 4.78 is 5.14. The number of nitrogens with one attached hydrogen (secondary N) is 2. The van der Waals surface area contributed by atoms with E-state index in [1.165, 1.54) is 0 Å². The lowest BCUT2D eigenvalue weighted by Crippen LogP contribution is -2.16. The lowest BCUT2D eigenvalue weighted by molar-refractivity contribution is 0.415. The smallest absolute Gasteiger partial charge is 0.253 e. The van der Waals surface area contributed by atoms with E-state index in [0.29, 0.717) is 6.54 Å². The van der Waals surface area contributed by atoms with Crippen molar-refractivity contribution in [3.63, 3.8) is 0 Å². The van der Waals surface area contributed by atoms with Gasteiger partial charge in [-0.25, -0.2) is 0 Å². The molecule has 0 aliphatic heterocycles. The average molecular weight is 308 g/mol. The predicted octanol–water partition coefficient (Wildman–Crippen LogP) is 3.77. The van der Waals surface area contributed by atoms with Gasteiger partial charge in [-0.05, 0) is 55.3 Å². The molecule has 0 bridgehead atoms. The van der Waals surface area contributed by atoms with Gasteiger partial charge in [0.15, 0.2) is 0 Å². The first kappa shape index (κ1) is 15.2. The highest BCUT2D eigenvalue weighted by molar-refractivity contribution is 5.85. The lowest BCUT2D eigenvalue weighted by atomic mass is 10.0. The minimum atomic E-state index is -0.0489. The molecule has 3 aromatic rings. The Morgan fingerprint density at radius 2 is 1.74 bits per heavy atom. The molecule has 0 radical (unpaired) electrons. The Morgan fingerprint density at radius 3 is 2.43 bits per heavy atom. The number of aryl methyl sites for hydroxylation is 2. The Bertz CT molecular complexity index is 896. The van der Waals surface area contributed by atoms with E-state index >= 15 is 0 Å². The van der Waals surface area contributed by atoms with Gasteiger partial charge in [0.2, 0.25) is 0 Å². The molecule has 118 valence electrons. The molecule has 0 aliphatic rings. The molecular formula is C19H20N2O2. The van der Waals surface area contributed by atoms with Crippen LogP contribution in [-0.2, 0) is 6.54 Å². The summed E-state index contributed by atoms with van der Waals surface area (Å²) in [6, 6.07) is 13.7. The van der Waals surface area contributed by atoms with Gasteiger partial charge in [0, 0.05) is 23.2 Å². The number of rotatable bonds is 4. The van der Waals surface area contributed by atoms with Gasteiger partial charge < -0.3 is 15.0 Å². The number of methoxy groups -OCH3 is 1. The Kier molecular flexibility index (Phi) is 4.06. The summed E-state index contributed by atoms with van der Waals surface area (Å²) >= 11 is 0. The zero-order valence-corrected chi connectivity index (χ0v) is 13.6. The van der Waals surface area contributed by atoms with Crippen molar-refractivity contribution in [1.29, 1.82) is 0 Å². The van der Waals surface area contributed by atoms with Crippen molar-refractivity contribution in [2.45, 2.75) is 20.4 Å². The van der Waals surface area contributed by atoms with Crippen molar-refractivity contribution in [1.82, 2.24) is 4.98 Å². The Hall–Kier alpha value is -2.75. The number of H-pyrrole nitrogens is 1. The molecule has 1 aromatic heterocycles. The molecule has 0 amide bonds.